The Kier molecular flexibility index (Phi) is 7.48. The molecule has 1 saturated heterocycles. The van der Waals surface area contributed by atoms with Crippen molar-refractivity contribution in [2.45, 2.75) is 44.8 Å². The molecule has 1 amide bonds. The molecule has 2 aliphatic heterocycles. The van der Waals surface area contributed by atoms with Crippen molar-refractivity contribution in [1.29, 1.82) is 0 Å². The molecule has 8 heteroatoms. The van der Waals surface area contributed by atoms with Crippen molar-refractivity contribution in [2.24, 2.45) is 0 Å². The van der Waals surface area contributed by atoms with Crippen LogP contribution in [0.4, 0.5) is 0 Å². The second kappa shape index (κ2) is 10.3. The molecule has 0 bridgehead atoms. The van der Waals surface area contributed by atoms with Crippen molar-refractivity contribution < 1.29 is 19.1 Å². The maximum Gasteiger partial charge on any atom is 0.336 e. The first-order valence-corrected chi connectivity index (χ1v) is 12.0. The van der Waals surface area contributed by atoms with E-state index in [1.54, 1.807) is 17.2 Å². The van der Waals surface area contributed by atoms with Gasteiger partial charge in [0.2, 0.25) is 5.91 Å². The van der Waals surface area contributed by atoms with Crippen molar-refractivity contribution in [2.75, 3.05) is 13.2 Å². The summed E-state index contributed by atoms with van der Waals surface area (Å²) in [5, 5.41) is 0.361. The van der Waals surface area contributed by atoms with Gasteiger partial charge >= 0.3 is 5.97 Å². The minimum absolute atomic E-state index is 0.00768. The summed E-state index contributed by atoms with van der Waals surface area (Å²) in [5.41, 5.74) is 2.77. The predicted octanol–water partition coefficient (Wildman–Crippen LogP) is 4.85. The van der Waals surface area contributed by atoms with Gasteiger partial charge in [0.05, 0.1) is 18.2 Å². The van der Waals surface area contributed by atoms with Gasteiger partial charge in [-0.3, -0.25) is 4.79 Å². The molecule has 2 aliphatic rings. The minimum atomic E-state index is -0.433. The Balaban J connectivity index is 1.62. The molecule has 0 aliphatic carbocycles. The highest BCUT2D eigenvalue weighted by Gasteiger charge is 2.38. The Morgan fingerprint density at radius 2 is 2.06 bits per heavy atom. The third-order valence-corrected chi connectivity index (χ3v) is 6.83. The summed E-state index contributed by atoms with van der Waals surface area (Å²) in [7, 11) is 0. The molecular formula is C24H24ClIN2O4. The molecule has 2 atom stereocenters. The number of allylic oxidation sites excluding steroid dienone is 1. The summed E-state index contributed by atoms with van der Waals surface area (Å²) in [6.45, 7) is 3.13. The van der Waals surface area contributed by atoms with Crippen LogP contribution in [0.1, 0.15) is 43.2 Å². The number of esters is 1. The SMILES string of the molecule is CC1=C(C(=O)OCc2ccc(I)cc2)[C@H](c2ccc(Cl)nc2)CC(=O)N1CC1CCCO1. The molecule has 1 unspecified atom stereocenters. The van der Waals surface area contributed by atoms with Crippen LogP contribution in [-0.4, -0.2) is 41.0 Å². The number of aromatic nitrogens is 1. The lowest BCUT2D eigenvalue weighted by Crippen LogP contribution is -2.42. The quantitative estimate of drug-likeness (QED) is 0.284. The summed E-state index contributed by atoms with van der Waals surface area (Å²) >= 11 is 8.18. The van der Waals surface area contributed by atoms with Crippen LogP contribution in [0.25, 0.3) is 0 Å². The van der Waals surface area contributed by atoms with Gasteiger partial charge in [0.1, 0.15) is 11.8 Å². The summed E-state index contributed by atoms with van der Waals surface area (Å²) in [5.74, 6) is -0.893. The first-order chi connectivity index (χ1) is 15.4. The van der Waals surface area contributed by atoms with Crippen LogP contribution in [0.3, 0.4) is 0 Å². The number of carbonyl (C=O) groups excluding carboxylic acids is 2. The van der Waals surface area contributed by atoms with Gasteiger partial charge in [-0.15, -0.1) is 0 Å². The zero-order chi connectivity index (χ0) is 22.7. The van der Waals surface area contributed by atoms with Crippen LogP contribution in [0, 0.1) is 3.57 Å². The fourth-order valence-corrected chi connectivity index (χ4v) is 4.65. The van der Waals surface area contributed by atoms with Crippen LogP contribution in [0.2, 0.25) is 5.15 Å². The van der Waals surface area contributed by atoms with Crippen molar-refractivity contribution in [3.05, 3.63) is 73.7 Å². The van der Waals surface area contributed by atoms with Crippen LogP contribution in [0.5, 0.6) is 0 Å². The van der Waals surface area contributed by atoms with E-state index >= 15 is 0 Å². The number of pyridine rings is 1. The number of rotatable bonds is 6. The summed E-state index contributed by atoms with van der Waals surface area (Å²) < 4.78 is 12.5. The number of carbonyl (C=O) groups is 2. The second-order valence-corrected chi connectivity index (χ2v) is 9.64. The van der Waals surface area contributed by atoms with Crippen molar-refractivity contribution in [3.8, 4) is 0 Å². The molecule has 32 heavy (non-hydrogen) atoms. The molecule has 2 aromatic rings. The fraction of sp³-hybridized carbons (Fsp3) is 0.375. The van der Waals surface area contributed by atoms with E-state index in [1.165, 1.54) is 0 Å². The van der Waals surface area contributed by atoms with Gasteiger partial charge in [-0.05, 0) is 71.7 Å². The number of halogens is 2. The number of nitrogens with zero attached hydrogens (tertiary/aromatic N) is 2. The lowest BCUT2D eigenvalue weighted by Gasteiger charge is -2.35. The van der Waals surface area contributed by atoms with E-state index in [-0.39, 0.29) is 25.0 Å². The zero-order valence-corrected chi connectivity index (χ0v) is 20.6. The average Bonchev–Trinajstić information content (AvgIpc) is 3.29. The first kappa shape index (κ1) is 23.2. The van der Waals surface area contributed by atoms with Gasteiger partial charge in [0, 0.05) is 34.4 Å². The Morgan fingerprint density at radius 1 is 1.28 bits per heavy atom. The molecular weight excluding hydrogens is 543 g/mol. The fourth-order valence-electron chi connectivity index (χ4n) is 4.18. The number of ether oxygens (including phenoxy) is 2. The highest BCUT2D eigenvalue weighted by atomic mass is 127. The van der Waals surface area contributed by atoms with Crippen LogP contribution < -0.4 is 0 Å². The minimum Gasteiger partial charge on any atom is -0.457 e. The first-order valence-electron chi connectivity index (χ1n) is 10.6. The molecule has 0 N–H and O–H groups in total. The normalized spacial score (nSPS) is 21.2. The van der Waals surface area contributed by atoms with E-state index in [1.807, 2.05) is 37.3 Å². The van der Waals surface area contributed by atoms with Gasteiger partial charge < -0.3 is 14.4 Å². The van der Waals surface area contributed by atoms with Crippen LogP contribution in [-0.2, 0) is 25.7 Å². The van der Waals surface area contributed by atoms with Crippen LogP contribution in [0.15, 0.2) is 53.9 Å². The molecule has 1 aromatic carbocycles. The maximum atomic E-state index is 13.3. The highest BCUT2D eigenvalue weighted by Crippen LogP contribution is 2.37. The second-order valence-electron chi connectivity index (χ2n) is 8.01. The summed E-state index contributed by atoms with van der Waals surface area (Å²) in [6.07, 6.45) is 3.68. The van der Waals surface area contributed by atoms with Crippen molar-refractivity contribution in [1.82, 2.24) is 9.88 Å². The van der Waals surface area contributed by atoms with Crippen molar-refractivity contribution >= 4 is 46.1 Å². The zero-order valence-electron chi connectivity index (χ0n) is 17.7. The Morgan fingerprint density at radius 3 is 2.72 bits per heavy atom. The molecule has 4 rings (SSSR count). The third kappa shape index (κ3) is 5.32. The lowest BCUT2D eigenvalue weighted by molar-refractivity contribution is -0.141. The number of benzene rings is 1. The van der Waals surface area contributed by atoms with E-state index in [0.717, 1.165) is 27.5 Å². The molecule has 6 nitrogen and oxygen atoms in total. The van der Waals surface area contributed by atoms with E-state index in [2.05, 4.69) is 27.6 Å². The summed E-state index contributed by atoms with van der Waals surface area (Å²) in [6, 6.07) is 11.3. The van der Waals surface area contributed by atoms with Gasteiger partial charge in [0.15, 0.2) is 0 Å². The topological polar surface area (TPSA) is 68.7 Å². The molecule has 168 valence electrons. The Labute approximate surface area is 206 Å². The van der Waals surface area contributed by atoms with E-state index in [4.69, 9.17) is 21.1 Å². The molecule has 1 fully saturated rings. The van der Waals surface area contributed by atoms with E-state index in [9.17, 15) is 9.59 Å². The predicted molar refractivity (Wildman–Crippen MR) is 129 cm³/mol. The lowest BCUT2D eigenvalue weighted by atomic mass is 9.84. The standard InChI is InChI=1S/C24H24ClIN2O4/c1-15-23(24(30)32-14-16-4-7-18(26)8-5-16)20(17-6-9-21(25)27-12-17)11-22(29)28(15)13-19-3-2-10-31-19/h4-9,12,19-20H,2-3,10-11,13-14H2,1H3/t19?,20-/m0/s1. The molecule has 3 heterocycles. The summed E-state index contributed by atoms with van der Waals surface area (Å²) in [4.78, 5) is 32.2. The molecule has 0 radical (unpaired) electrons. The van der Waals surface area contributed by atoms with Crippen molar-refractivity contribution in [3.63, 3.8) is 0 Å². The smallest absolute Gasteiger partial charge is 0.336 e. The monoisotopic (exact) mass is 566 g/mol. The maximum absolute atomic E-state index is 13.3. The van der Waals surface area contributed by atoms with Crippen LogP contribution >= 0.6 is 34.2 Å². The number of hydrogen-bond acceptors (Lipinski definition) is 5. The van der Waals surface area contributed by atoms with Gasteiger partial charge in [-0.25, -0.2) is 9.78 Å². The van der Waals surface area contributed by atoms with Gasteiger partial charge in [0.25, 0.3) is 0 Å². The third-order valence-electron chi connectivity index (χ3n) is 5.89. The highest BCUT2D eigenvalue weighted by molar-refractivity contribution is 14.1. The Bertz CT molecular complexity index is 1020. The molecule has 0 spiro atoms. The van der Waals surface area contributed by atoms with E-state index in [0.29, 0.717) is 29.6 Å². The van der Waals surface area contributed by atoms with E-state index < -0.39 is 11.9 Å². The molecule has 0 saturated carbocycles. The van der Waals surface area contributed by atoms with Gasteiger partial charge in [-0.2, -0.15) is 0 Å². The largest absolute Gasteiger partial charge is 0.457 e. The Hall–Kier alpha value is -1.97. The molecule has 1 aromatic heterocycles. The number of hydrogen-bond donors (Lipinski definition) is 0. The average molecular weight is 567 g/mol. The number of amides is 1. The van der Waals surface area contributed by atoms with Gasteiger partial charge in [-0.1, -0.05) is 29.8 Å².